The smallest absolute Gasteiger partial charge is 0.410 e. The number of ether oxygens (including phenoxy) is 1. The third-order valence-electron chi connectivity index (χ3n) is 3.74. The summed E-state index contributed by atoms with van der Waals surface area (Å²) in [6.07, 6.45) is 1.69. The number of piperidine rings is 1. The fraction of sp³-hybridized carbons (Fsp3) is 0.526. The van der Waals surface area contributed by atoms with Crippen LogP contribution in [0.25, 0.3) is 0 Å². The summed E-state index contributed by atoms with van der Waals surface area (Å²) >= 11 is 0. The van der Waals surface area contributed by atoms with Gasteiger partial charge in [0, 0.05) is 12.5 Å². The zero-order valence-corrected chi connectivity index (χ0v) is 13.9. The summed E-state index contributed by atoms with van der Waals surface area (Å²) in [4.78, 5) is 14.4. The molecule has 1 aliphatic rings. The highest BCUT2D eigenvalue weighted by molar-refractivity contribution is 5.69. The predicted octanol–water partition coefficient (Wildman–Crippen LogP) is 4.40. The monoisotopic (exact) mass is 299 g/mol. The van der Waals surface area contributed by atoms with Crippen LogP contribution < -0.4 is 0 Å². The van der Waals surface area contributed by atoms with Gasteiger partial charge < -0.3 is 4.74 Å². The van der Waals surface area contributed by atoms with Crippen LogP contribution in [0.3, 0.4) is 0 Å². The van der Waals surface area contributed by atoms with Crippen molar-refractivity contribution in [2.75, 3.05) is 6.54 Å². The van der Waals surface area contributed by atoms with Crippen molar-refractivity contribution in [1.29, 1.82) is 0 Å². The molecule has 1 aliphatic heterocycles. The lowest BCUT2D eigenvalue weighted by molar-refractivity contribution is 0.00584. The molecule has 118 valence electrons. The molecule has 1 fully saturated rings. The normalized spacial score (nSPS) is 21.7. The van der Waals surface area contributed by atoms with E-state index in [0.29, 0.717) is 6.54 Å². The lowest BCUT2D eigenvalue weighted by Gasteiger charge is -2.39. The second kappa shape index (κ2) is 6.87. The predicted molar refractivity (Wildman–Crippen MR) is 88.3 cm³/mol. The van der Waals surface area contributed by atoms with E-state index in [1.807, 2.05) is 50.8 Å². The van der Waals surface area contributed by atoms with Gasteiger partial charge in [0.25, 0.3) is 0 Å². The van der Waals surface area contributed by atoms with Crippen LogP contribution in [0.4, 0.5) is 4.79 Å². The maximum Gasteiger partial charge on any atom is 0.410 e. The van der Waals surface area contributed by atoms with Crippen molar-refractivity contribution in [2.24, 2.45) is 5.92 Å². The zero-order valence-electron chi connectivity index (χ0n) is 13.9. The molecule has 1 aromatic rings. The molecule has 3 nitrogen and oxygen atoms in total. The average Bonchev–Trinajstić information content (AvgIpc) is 2.47. The molecule has 1 amide bonds. The zero-order chi connectivity index (χ0) is 16.2. The topological polar surface area (TPSA) is 29.5 Å². The highest BCUT2D eigenvalue weighted by Crippen LogP contribution is 2.34. The van der Waals surface area contributed by atoms with E-state index in [9.17, 15) is 4.79 Å². The molecule has 0 aromatic heterocycles. The summed E-state index contributed by atoms with van der Waals surface area (Å²) in [5.74, 6) is 6.41. The summed E-state index contributed by atoms with van der Waals surface area (Å²) in [6, 6.07) is 10.3. The largest absolute Gasteiger partial charge is 0.444 e. The van der Waals surface area contributed by atoms with Crippen molar-refractivity contribution in [3.63, 3.8) is 0 Å². The number of carbonyl (C=O) groups excluding carboxylic acids is 1. The minimum absolute atomic E-state index is 0.0750. The maximum absolute atomic E-state index is 12.6. The molecule has 1 saturated heterocycles. The molecule has 22 heavy (non-hydrogen) atoms. The highest BCUT2D eigenvalue weighted by Gasteiger charge is 2.34. The van der Waals surface area contributed by atoms with Crippen LogP contribution >= 0.6 is 0 Å². The minimum Gasteiger partial charge on any atom is -0.444 e. The number of hydrogen-bond acceptors (Lipinski definition) is 2. The van der Waals surface area contributed by atoms with E-state index in [4.69, 9.17) is 4.74 Å². The Bertz CT molecular complexity index is 563. The molecule has 1 aromatic carbocycles. The molecule has 3 heteroatoms. The first-order valence-electron chi connectivity index (χ1n) is 7.87. The number of likely N-dealkylation sites (tertiary alicyclic amines) is 1. The quantitative estimate of drug-likeness (QED) is 0.719. The van der Waals surface area contributed by atoms with Gasteiger partial charge in [-0.15, -0.1) is 5.92 Å². The van der Waals surface area contributed by atoms with Gasteiger partial charge >= 0.3 is 6.09 Å². The molecule has 0 saturated carbocycles. The summed E-state index contributed by atoms with van der Waals surface area (Å²) in [6.45, 7) is 8.18. The lowest BCUT2D eigenvalue weighted by Crippen LogP contribution is -2.44. The third kappa shape index (κ3) is 4.27. The van der Waals surface area contributed by atoms with Gasteiger partial charge in [0.15, 0.2) is 0 Å². The van der Waals surface area contributed by atoms with E-state index < -0.39 is 5.60 Å². The molecule has 1 heterocycles. The summed E-state index contributed by atoms with van der Waals surface area (Å²) < 4.78 is 5.59. The Hall–Kier alpha value is -1.95. The van der Waals surface area contributed by atoms with E-state index in [1.54, 1.807) is 0 Å². The molecule has 0 bridgehead atoms. The van der Waals surface area contributed by atoms with Crippen LogP contribution in [0.1, 0.15) is 52.1 Å². The van der Waals surface area contributed by atoms with Gasteiger partial charge in [0.1, 0.15) is 5.60 Å². The molecule has 2 rings (SSSR count). The van der Waals surface area contributed by atoms with Crippen LogP contribution in [-0.2, 0) is 4.74 Å². The van der Waals surface area contributed by atoms with Crippen LogP contribution in [0, 0.1) is 17.8 Å². The maximum atomic E-state index is 12.6. The number of carbonyl (C=O) groups is 1. The Morgan fingerprint density at radius 1 is 1.23 bits per heavy atom. The first kappa shape index (κ1) is 16.4. The van der Waals surface area contributed by atoms with Crippen molar-refractivity contribution in [1.82, 2.24) is 4.90 Å². The third-order valence-corrected chi connectivity index (χ3v) is 3.74. The first-order chi connectivity index (χ1) is 10.4. The number of nitrogens with zero attached hydrogens (tertiary/aromatic N) is 1. The molecule has 0 radical (unpaired) electrons. The van der Waals surface area contributed by atoms with Gasteiger partial charge in [-0.05, 0) is 46.1 Å². The molecule has 2 atom stereocenters. The van der Waals surface area contributed by atoms with E-state index in [0.717, 1.165) is 18.4 Å². The van der Waals surface area contributed by atoms with E-state index in [1.165, 1.54) is 0 Å². The average molecular weight is 299 g/mol. The van der Waals surface area contributed by atoms with Gasteiger partial charge in [-0.1, -0.05) is 36.3 Å². The summed E-state index contributed by atoms with van der Waals surface area (Å²) in [7, 11) is 0. The standard InChI is InChI=1S/C19H25NO2/c1-5-9-15-12-13-17(16-10-7-6-8-11-16)20(14-15)18(21)22-19(2,3)4/h6-8,10-11,15,17H,12-14H2,1-4H3. The van der Waals surface area contributed by atoms with Gasteiger partial charge in [-0.2, -0.15) is 0 Å². The van der Waals surface area contributed by atoms with Crippen molar-refractivity contribution >= 4 is 6.09 Å². The molecular formula is C19H25NO2. The lowest BCUT2D eigenvalue weighted by atomic mass is 9.89. The van der Waals surface area contributed by atoms with Gasteiger partial charge in [-0.25, -0.2) is 4.79 Å². The van der Waals surface area contributed by atoms with Crippen molar-refractivity contribution in [2.45, 2.75) is 52.2 Å². The Morgan fingerprint density at radius 2 is 1.91 bits per heavy atom. The van der Waals surface area contributed by atoms with E-state index >= 15 is 0 Å². The fourth-order valence-electron chi connectivity index (χ4n) is 2.84. The summed E-state index contributed by atoms with van der Waals surface area (Å²) in [5.41, 5.74) is 0.679. The second-order valence-electron chi connectivity index (χ2n) is 6.73. The SMILES string of the molecule is CC#CC1CCC(c2ccccc2)N(C(=O)OC(C)(C)C)C1. The molecule has 0 spiro atoms. The van der Waals surface area contributed by atoms with Crippen molar-refractivity contribution < 1.29 is 9.53 Å². The first-order valence-corrected chi connectivity index (χ1v) is 7.87. The Labute approximate surface area is 133 Å². The number of hydrogen-bond donors (Lipinski definition) is 0. The van der Waals surface area contributed by atoms with Crippen molar-refractivity contribution in [3.8, 4) is 11.8 Å². The van der Waals surface area contributed by atoms with Crippen LogP contribution in [0.5, 0.6) is 0 Å². The number of benzene rings is 1. The molecular weight excluding hydrogens is 274 g/mol. The highest BCUT2D eigenvalue weighted by atomic mass is 16.6. The van der Waals surface area contributed by atoms with Crippen LogP contribution in [0.2, 0.25) is 0 Å². The Kier molecular flexibility index (Phi) is 5.13. The van der Waals surface area contributed by atoms with Crippen LogP contribution in [-0.4, -0.2) is 23.1 Å². The van der Waals surface area contributed by atoms with Gasteiger partial charge in [0.2, 0.25) is 0 Å². The fourth-order valence-corrected chi connectivity index (χ4v) is 2.84. The van der Waals surface area contributed by atoms with Gasteiger partial charge in [0.05, 0.1) is 6.04 Å². The summed E-state index contributed by atoms with van der Waals surface area (Å²) in [5, 5.41) is 0. The van der Waals surface area contributed by atoms with Crippen molar-refractivity contribution in [3.05, 3.63) is 35.9 Å². The number of amides is 1. The van der Waals surface area contributed by atoms with Crippen LogP contribution in [0.15, 0.2) is 30.3 Å². The number of rotatable bonds is 1. The van der Waals surface area contributed by atoms with E-state index in [-0.39, 0.29) is 18.1 Å². The molecule has 2 unspecified atom stereocenters. The minimum atomic E-state index is -0.484. The van der Waals surface area contributed by atoms with Gasteiger partial charge in [-0.3, -0.25) is 4.90 Å². The molecule has 0 aliphatic carbocycles. The molecule has 0 N–H and O–H groups in total. The van der Waals surface area contributed by atoms with E-state index in [2.05, 4.69) is 24.0 Å². The Balaban J connectivity index is 2.23. The Morgan fingerprint density at radius 3 is 2.50 bits per heavy atom. The second-order valence-corrected chi connectivity index (χ2v) is 6.73.